The number of rotatable bonds is 2. The van der Waals surface area contributed by atoms with Crippen LogP contribution >= 0.6 is 0 Å². The summed E-state index contributed by atoms with van der Waals surface area (Å²) in [7, 11) is -1.69. The van der Waals surface area contributed by atoms with Gasteiger partial charge in [-0.1, -0.05) is 12.1 Å². The van der Waals surface area contributed by atoms with Crippen LogP contribution in [0.2, 0.25) is 0 Å². The highest BCUT2D eigenvalue weighted by Crippen LogP contribution is 2.31. The molecule has 1 heterocycles. The van der Waals surface area contributed by atoms with Gasteiger partial charge in [-0.05, 0) is 36.1 Å². The third-order valence-corrected chi connectivity index (χ3v) is 2.91. The molecule has 1 aromatic carbocycles. The van der Waals surface area contributed by atoms with Crippen LogP contribution in [0.1, 0.15) is 11.1 Å². The van der Waals surface area contributed by atoms with E-state index in [1.54, 1.807) is 6.92 Å². The minimum Gasteiger partial charge on any atom is -0.423 e. The van der Waals surface area contributed by atoms with Gasteiger partial charge < -0.3 is 10.0 Å². The van der Waals surface area contributed by atoms with Crippen LogP contribution in [0.15, 0.2) is 36.5 Å². The fourth-order valence-electron chi connectivity index (χ4n) is 1.83. The van der Waals surface area contributed by atoms with Gasteiger partial charge in [-0.2, -0.15) is 13.2 Å². The molecule has 0 unspecified atom stereocenters. The van der Waals surface area contributed by atoms with Gasteiger partial charge in [0.2, 0.25) is 0 Å². The quantitative estimate of drug-likeness (QED) is 0.825. The number of halogens is 3. The molecule has 0 aliphatic heterocycles. The van der Waals surface area contributed by atoms with Crippen molar-refractivity contribution < 1.29 is 23.2 Å². The highest BCUT2D eigenvalue weighted by molar-refractivity contribution is 6.59. The lowest BCUT2D eigenvalue weighted by Gasteiger charge is -2.10. The summed E-state index contributed by atoms with van der Waals surface area (Å²) >= 11 is 0. The lowest BCUT2D eigenvalue weighted by molar-refractivity contribution is -0.137. The summed E-state index contributed by atoms with van der Waals surface area (Å²) in [6.07, 6.45) is -3.04. The first-order chi connectivity index (χ1) is 9.29. The molecule has 104 valence electrons. The zero-order chi connectivity index (χ0) is 14.9. The Bertz CT molecular complexity index is 629. The Morgan fingerprint density at radius 3 is 2.45 bits per heavy atom. The van der Waals surface area contributed by atoms with Crippen LogP contribution in [0.4, 0.5) is 13.2 Å². The topological polar surface area (TPSA) is 53.4 Å². The average Bonchev–Trinajstić information content (AvgIpc) is 2.38. The molecule has 0 aliphatic carbocycles. The second kappa shape index (κ2) is 5.26. The van der Waals surface area contributed by atoms with Gasteiger partial charge in [0.1, 0.15) is 0 Å². The molecule has 0 atom stereocenters. The Hall–Kier alpha value is -1.86. The largest absolute Gasteiger partial charge is 0.488 e. The lowest BCUT2D eigenvalue weighted by Crippen LogP contribution is -2.32. The second-order valence-corrected chi connectivity index (χ2v) is 4.38. The fraction of sp³-hybridized carbons (Fsp3) is 0.154. The van der Waals surface area contributed by atoms with Gasteiger partial charge in [0.25, 0.3) is 0 Å². The van der Waals surface area contributed by atoms with Gasteiger partial charge in [0.15, 0.2) is 0 Å². The van der Waals surface area contributed by atoms with Crippen LogP contribution in [0.5, 0.6) is 0 Å². The zero-order valence-corrected chi connectivity index (χ0v) is 10.5. The van der Waals surface area contributed by atoms with Crippen molar-refractivity contribution in [3.05, 3.63) is 47.7 Å². The summed E-state index contributed by atoms with van der Waals surface area (Å²) in [5, 5.41) is 18.4. The lowest BCUT2D eigenvalue weighted by atomic mass is 9.77. The molecule has 7 heteroatoms. The first-order valence-electron chi connectivity index (χ1n) is 5.79. The SMILES string of the molecule is Cc1cnc(-c2cccc(C(F)(F)F)c2)cc1B(O)O. The van der Waals surface area contributed by atoms with Crippen LogP contribution in [0, 0.1) is 6.92 Å². The van der Waals surface area contributed by atoms with Crippen LogP contribution in [-0.2, 0) is 6.18 Å². The van der Waals surface area contributed by atoms with E-state index in [2.05, 4.69) is 4.98 Å². The highest BCUT2D eigenvalue weighted by atomic mass is 19.4. The zero-order valence-electron chi connectivity index (χ0n) is 10.5. The maximum absolute atomic E-state index is 12.7. The standard InChI is InChI=1S/C13H11BF3NO2/c1-8-7-18-12(6-11(8)14(19)20)9-3-2-4-10(5-9)13(15,16)17/h2-7,19-20H,1H3. The van der Waals surface area contributed by atoms with Gasteiger partial charge in [-0.3, -0.25) is 4.98 Å². The van der Waals surface area contributed by atoms with Crippen LogP contribution < -0.4 is 5.46 Å². The third-order valence-electron chi connectivity index (χ3n) is 2.91. The molecule has 2 N–H and O–H groups in total. The van der Waals surface area contributed by atoms with E-state index in [1.165, 1.54) is 24.4 Å². The van der Waals surface area contributed by atoms with E-state index in [-0.39, 0.29) is 16.7 Å². The molecule has 20 heavy (non-hydrogen) atoms. The molecule has 0 aliphatic rings. The van der Waals surface area contributed by atoms with Crippen LogP contribution in [0.3, 0.4) is 0 Å². The first kappa shape index (κ1) is 14.6. The van der Waals surface area contributed by atoms with Crippen molar-refractivity contribution in [1.29, 1.82) is 0 Å². The van der Waals surface area contributed by atoms with Crippen molar-refractivity contribution in [2.24, 2.45) is 0 Å². The van der Waals surface area contributed by atoms with E-state index in [0.717, 1.165) is 12.1 Å². The predicted octanol–water partition coefficient (Wildman–Crippen LogP) is 1.76. The minimum absolute atomic E-state index is 0.215. The molecular weight excluding hydrogens is 270 g/mol. The number of hydrogen-bond donors (Lipinski definition) is 2. The number of benzene rings is 1. The summed E-state index contributed by atoms with van der Waals surface area (Å²) in [5.74, 6) is 0. The van der Waals surface area contributed by atoms with E-state index in [1.807, 2.05) is 0 Å². The Morgan fingerprint density at radius 2 is 1.85 bits per heavy atom. The van der Waals surface area contributed by atoms with Crippen molar-refractivity contribution >= 4 is 12.6 Å². The Labute approximate surface area is 113 Å². The summed E-state index contributed by atoms with van der Waals surface area (Å²) in [6.45, 7) is 1.64. The highest BCUT2D eigenvalue weighted by Gasteiger charge is 2.30. The fourth-order valence-corrected chi connectivity index (χ4v) is 1.83. The van der Waals surface area contributed by atoms with E-state index in [9.17, 15) is 23.2 Å². The molecule has 0 amide bonds. The van der Waals surface area contributed by atoms with Gasteiger partial charge in [0.05, 0.1) is 11.3 Å². The molecule has 3 nitrogen and oxygen atoms in total. The van der Waals surface area contributed by atoms with Gasteiger partial charge >= 0.3 is 13.3 Å². The van der Waals surface area contributed by atoms with Crippen molar-refractivity contribution in [2.45, 2.75) is 13.1 Å². The average molecular weight is 281 g/mol. The molecule has 0 radical (unpaired) electrons. The molecule has 0 spiro atoms. The third kappa shape index (κ3) is 3.00. The van der Waals surface area contributed by atoms with E-state index >= 15 is 0 Å². The smallest absolute Gasteiger partial charge is 0.423 e. The number of hydrogen-bond acceptors (Lipinski definition) is 3. The first-order valence-corrected chi connectivity index (χ1v) is 5.79. The summed E-state index contributed by atoms with van der Waals surface area (Å²) in [6, 6.07) is 6.09. The normalized spacial score (nSPS) is 11.5. The maximum atomic E-state index is 12.7. The number of nitrogens with zero attached hydrogens (tertiary/aromatic N) is 1. The second-order valence-electron chi connectivity index (χ2n) is 4.38. The minimum atomic E-state index is -4.43. The van der Waals surface area contributed by atoms with Crippen molar-refractivity contribution in [1.82, 2.24) is 4.98 Å². The molecule has 0 saturated carbocycles. The van der Waals surface area contributed by atoms with Gasteiger partial charge in [0, 0.05) is 11.8 Å². The number of aromatic nitrogens is 1. The predicted molar refractivity (Wildman–Crippen MR) is 69.2 cm³/mol. The molecule has 2 rings (SSSR count). The van der Waals surface area contributed by atoms with E-state index < -0.39 is 18.9 Å². The Balaban J connectivity index is 2.49. The molecule has 0 fully saturated rings. The summed E-state index contributed by atoms with van der Waals surface area (Å²) < 4.78 is 38.0. The molecule has 0 bridgehead atoms. The Kier molecular flexibility index (Phi) is 3.83. The van der Waals surface area contributed by atoms with Crippen molar-refractivity contribution in [3.63, 3.8) is 0 Å². The maximum Gasteiger partial charge on any atom is 0.488 e. The van der Waals surface area contributed by atoms with E-state index in [0.29, 0.717) is 5.56 Å². The molecular formula is C13H11BF3NO2. The number of pyridine rings is 1. The summed E-state index contributed by atoms with van der Waals surface area (Å²) in [4.78, 5) is 4.03. The molecule has 1 aromatic heterocycles. The monoisotopic (exact) mass is 281 g/mol. The molecule has 2 aromatic rings. The van der Waals surface area contributed by atoms with Crippen LogP contribution in [0.25, 0.3) is 11.3 Å². The van der Waals surface area contributed by atoms with Gasteiger partial charge in [-0.15, -0.1) is 0 Å². The van der Waals surface area contributed by atoms with Crippen molar-refractivity contribution in [2.75, 3.05) is 0 Å². The van der Waals surface area contributed by atoms with Crippen molar-refractivity contribution in [3.8, 4) is 11.3 Å². The van der Waals surface area contributed by atoms with Gasteiger partial charge in [-0.25, -0.2) is 0 Å². The number of alkyl halides is 3. The molecule has 0 saturated heterocycles. The number of aryl methyl sites for hydroxylation is 1. The Morgan fingerprint density at radius 1 is 1.15 bits per heavy atom. The van der Waals surface area contributed by atoms with Crippen LogP contribution in [-0.4, -0.2) is 22.2 Å². The van der Waals surface area contributed by atoms with E-state index in [4.69, 9.17) is 0 Å². The summed E-state index contributed by atoms with van der Waals surface area (Å²) in [5.41, 5.74) is 0.512.